The van der Waals surface area contributed by atoms with Gasteiger partial charge in [-0.05, 0) is 57.7 Å². The average molecular weight is 298 g/mol. The minimum Gasteiger partial charge on any atom is -0.496 e. The van der Waals surface area contributed by atoms with Crippen LogP contribution in [0.25, 0.3) is 0 Å². The SMILES string of the molecule is COc1c(C)c(CC2CCCNC2)c(OC)c(C)c1Cl. The molecule has 1 heterocycles. The predicted octanol–water partition coefficient (Wildman–Crippen LogP) is 3.52. The summed E-state index contributed by atoms with van der Waals surface area (Å²) in [6.45, 7) is 6.27. The smallest absolute Gasteiger partial charge is 0.141 e. The summed E-state index contributed by atoms with van der Waals surface area (Å²) < 4.78 is 11.1. The number of hydrogen-bond donors (Lipinski definition) is 1. The third-order valence-electron chi connectivity index (χ3n) is 4.24. The summed E-state index contributed by atoms with van der Waals surface area (Å²) in [4.78, 5) is 0. The monoisotopic (exact) mass is 297 g/mol. The predicted molar refractivity (Wildman–Crippen MR) is 83.3 cm³/mol. The molecule has 3 nitrogen and oxygen atoms in total. The maximum absolute atomic E-state index is 6.38. The summed E-state index contributed by atoms with van der Waals surface area (Å²) in [5, 5.41) is 4.13. The quantitative estimate of drug-likeness (QED) is 0.922. The molecular formula is C16H24ClNO2. The van der Waals surface area contributed by atoms with E-state index in [0.717, 1.165) is 42.1 Å². The number of hydrogen-bond acceptors (Lipinski definition) is 3. The summed E-state index contributed by atoms with van der Waals surface area (Å²) in [5.41, 5.74) is 3.31. The number of benzene rings is 1. The van der Waals surface area contributed by atoms with E-state index in [1.165, 1.54) is 18.4 Å². The Morgan fingerprint density at radius 2 is 1.85 bits per heavy atom. The summed E-state index contributed by atoms with van der Waals surface area (Å²) in [7, 11) is 3.39. The van der Waals surface area contributed by atoms with Gasteiger partial charge in [0.2, 0.25) is 0 Å². The maximum atomic E-state index is 6.38. The Hall–Kier alpha value is -0.930. The first-order chi connectivity index (χ1) is 9.60. The molecule has 2 rings (SSSR count). The van der Waals surface area contributed by atoms with Gasteiger partial charge in [0, 0.05) is 11.1 Å². The molecule has 0 radical (unpaired) electrons. The summed E-state index contributed by atoms with van der Waals surface area (Å²) >= 11 is 6.38. The van der Waals surface area contributed by atoms with E-state index in [2.05, 4.69) is 12.2 Å². The number of ether oxygens (including phenoxy) is 2. The third-order valence-corrected chi connectivity index (χ3v) is 4.69. The van der Waals surface area contributed by atoms with Gasteiger partial charge in [0.05, 0.1) is 19.2 Å². The van der Waals surface area contributed by atoms with Crippen LogP contribution in [0.4, 0.5) is 0 Å². The molecule has 1 aromatic carbocycles. The molecule has 20 heavy (non-hydrogen) atoms. The van der Waals surface area contributed by atoms with Crippen LogP contribution in [0.3, 0.4) is 0 Å². The molecule has 0 amide bonds. The van der Waals surface area contributed by atoms with Crippen molar-refractivity contribution in [3.05, 3.63) is 21.7 Å². The molecule has 112 valence electrons. The van der Waals surface area contributed by atoms with Crippen molar-refractivity contribution in [1.29, 1.82) is 0 Å². The minimum atomic E-state index is 0.654. The normalized spacial score (nSPS) is 18.9. The number of piperidine rings is 1. The Morgan fingerprint density at radius 3 is 2.40 bits per heavy atom. The van der Waals surface area contributed by atoms with Gasteiger partial charge in [0.25, 0.3) is 0 Å². The van der Waals surface area contributed by atoms with Crippen molar-refractivity contribution in [3.8, 4) is 11.5 Å². The van der Waals surface area contributed by atoms with E-state index in [9.17, 15) is 0 Å². The molecule has 1 unspecified atom stereocenters. The zero-order chi connectivity index (χ0) is 14.7. The lowest BCUT2D eigenvalue weighted by molar-refractivity contribution is 0.359. The lowest BCUT2D eigenvalue weighted by Gasteiger charge is -2.26. The van der Waals surface area contributed by atoms with E-state index in [4.69, 9.17) is 21.1 Å². The average Bonchev–Trinajstić information content (AvgIpc) is 2.47. The fourth-order valence-electron chi connectivity index (χ4n) is 3.12. The van der Waals surface area contributed by atoms with Gasteiger partial charge in [-0.2, -0.15) is 0 Å². The molecule has 1 aliphatic heterocycles. The van der Waals surface area contributed by atoms with Crippen molar-refractivity contribution >= 4 is 11.6 Å². The minimum absolute atomic E-state index is 0.654. The van der Waals surface area contributed by atoms with Crippen LogP contribution in [-0.4, -0.2) is 27.3 Å². The van der Waals surface area contributed by atoms with Crippen molar-refractivity contribution in [2.45, 2.75) is 33.1 Å². The van der Waals surface area contributed by atoms with Crippen LogP contribution in [0.1, 0.15) is 29.5 Å². The van der Waals surface area contributed by atoms with Crippen LogP contribution in [0, 0.1) is 19.8 Å². The third kappa shape index (κ3) is 2.89. The fraction of sp³-hybridized carbons (Fsp3) is 0.625. The van der Waals surface area contributed by atoms with E-state index >= 15 is 0 Å². The van der Waals surface area contributed by atoms with Gasteiger partial charge in [-0.15, -0.1) is 0 Å². The van der Waals surface area contributed by atoms with E-state index < -0.39 is 0 Å². The van der Waals surface area contributed by atoms with Crippen molar-refractivity contribution in [2.75, 3.05) is 27.3 Å². The second-order valence-corrected chi connectivity index (χ2v) is 5.90. The van der Waals surface area contributed by atoms with Gasteiger partial charge in [0.15, 0.2) is 0 Å². The highest BCUT2D eigenvalue weighted by atomic mass is 35.5. The van der Waals surface area contributed by atoms with Crippen LogP contribution in [0.5, 0.6) is 11.5 Å². The van der Waals surface area contributed by atoms with Crippen LogP contribution in [-0.2, 0) is 6.42 Å². The topological polar surface area (TPSA) is 30.5 Å². The molecule has 0 aliphatic carbocycles. The van der Waals surface area contributed by atoms with Gasteiger partial charge in [-0.1, -0.05) is 11.6 Å². The highest BCUT2D eigenvalue weighted by molar-refractivity contribution is 6.33. The van der Waals surface area contributed by atoms with Crippen molar-refractivity contribution in [2.24, 2.45) is 5.92 Å². The van der Waals surface area contributed by atoms with E-state index in [1.807, 2.05) is 6.92 Å². The highest BCUT2D eigenvalue weighted by Gasteiger charge is 2.23. The maximum Gasteiger partial charge on any atom is 0.141 e. The zero-order valence-corrected chi connectivity index (χ0v) is 13.6. The molecule has 1 fully saturated rings. The Bertz CT molecular complexity index is 482. The van der Waals surface area contributed by atoms with Gasteiger partial charge in [0.1, 0.15) is 11.5 Å². The van der Waals surface area contributed by atoms with Crippen molar-refractivity contribution in [1.82, 2.24) is 5.32 Å². The lowest BCUT2D eigenvalue weighted by Crippen LogP contribution is -2.31. The van der Waals surface area contributed by atoms with Gasteiger partial charge in [-0.25, -0.2) is 0 Å². The lowest BCUT2D eigenvalue weighted by atomic mass is 9.88. The second-order valence-electron chi connectivity index (χ2n) is 5.53. The van der Waals surface area contributed by atoms with E-state index in [1.54, 1.807) is 14.2 Å². The molecule has 0 aromatic heterocycles. The van der Waals surface area contributed by atoms with Crippen LogP contribution in [0.15, 0.2) is 0 Å². The number of halogens is 1. The highest BCUT2D eigenvalue weighted by Crippen LogP contribution is 2.42. The summed E-state index contributed by atoms with van der Waals surface area (Å²) in [5.74, 6) is 2.35. The first kappa shape index (κ1) is 15.5. The van der Waals surface area contributed by atoms with Crippen LogP contribution in [0.2, 0.25) is 5.02 Å². The Morgan fingerprint density at radius 1 is 1.15 bits per heavy atom. The molecule has 0 spiro atoms. The Labute approximate surface area is 126 Å². The van der Waals surface area contributed by atoms with Crippen molar-refractivity contribution < 1.29 is 9.47 Å². The molecule has 1 saturated heterocycles. The fourth-order valence-corrected chi connectivity index (χ4v) is 3.42. The van der Waals surface area contributed by atoms with Gasteiger partial charge < -0.3 is 14.8 Å². The molecular weight excluding hydrogens is 274 g/mol. The molecule has 1 aliphatic rings. The Kier molecular flexibility index (Phi) is 5.17. The second kappa shape index (κ2) is 6.68. The molecule has 0 saturated carbocycles. The number of nitrogens with one attached hydrogen (secondary N) is 1. The van der Waals surface area contributed by atoms with Gasteiger partial charge in [-0.3, -0.25) is 0 Å². The molecule has 4 heteroatoms. The summed E-state index contributed by atoms with van der Waals surface area (Å²) in [6.07, 6.45) is 3.52. The number of rotatable bonds is 4. The molecule has 1 N–H and O–H groups in total. The first-order valence-corrected chi connectivity index (χ1v) is 7.58. The Balaban J connectivity index is 2.41. The first-order valence-electron chi connectivity index (χ1n) is 7.20. The van der Waals surface area contributed by atoms with Crippen LogP contribution >= 0.6 is 11.6 Å². The van der Waals surface area contributed by atoms with Crippen LogP contribution < -0.4 is 14.8 Å². The molecule has 1 atom stereocenters. The van der Waals surface area contributed by atoms with E-state index in [-0.39, 0.29) is 0 Å². The van der Waals surface area contributed by atoms with Crippen molar-refractivity contribution in [3.63, 3.8) is 0 Å². The van der Waals surface area contributed by atoms with Gasteiger partial charge >= 0.3 is 0 Å². The number of methoxy groups -OCH3 is 2. The molecule has 1 aromatic rings. The van der Waals surface area contributed by atoms with E-state index in [0.29, 0.717) is 10.9 Å². The largest absolute Gasteiger partial charge is 0.496 e. The zero-order valence-electron chi connectivity index (χ0n) is 12.8. The molecule has 0 bridgehead atoms. The summed E-state index contributed by atoms with van der Waals surface area (Å²) in [6, 6.07) is 0. The standard InChI is InChI=1S/C16H24ClNO2/c1-10-13(8-12-6-5-7-18-9-12)15(19-3)11(2)14(17)16(10)20-4/h12,18H,5-9H2,1-4H3.